The maximum absolute atomic E-state index is 5.37. The van der Waals surface area contributed by atoms with Crippen LogP contribution in [-0.2, 0) is 0 Å². The summed E-state index contributed by atoms with van der Waals surface area (Å²) in [5.74, 6) is 1.50. The van der Waals surface area contributed by atoms with Crippen molar-refractivity contribution in [3.05, 3.63) is 58.7 Å². The number of aliphatic imine (C=N–C) groups is 1. The van der Waals surface area contributed by atoms with E-state index in [1.54, 1.807) is 26.6 Å². The smallest absolute Gasteiger partial charge is 0.127 e. The normalized spacial score (nSPS) is 11.1. The van der Waals surface area contributed by atoms with E-state index in [0.717, 1.165) is 38.1 Å². The van der Waals surface area contributed by atoms with Gasteiger partial charge < -0.3 is 9.47 Å². The second-order valence-electron chi connectivity index (χ2n) is 4.83. The third-order valence-corrected chi connectivity index (χ3v) is 4.17. The van der Waals surface area contributed by atoms with Gasteiger partial charge in [-0.25, -0.2) is 0 Å². The largest absolute Gasteiger partial charge is 0.497 e. The van der Waals surface area contributed by atoms with E-state index in [0.29, 0.717) is 0 Å². The quantitative estimate of drug-likeness (QED) is 0.621. The summed E-state index contributed by atoms with van der Waals surface area (Å²) in [6, 6.07) is 13.4. The summed E-state index contributed by atoms with van der Waals surface area (Å²) in [5.41, 5.74) is 2.49. The van der Waals surface area contributed by atoms with E-state index in [-0.39, 0.29) is 0 Å². The van der Waals surface area contributed by atoms with Gasteiger partial charge in [0.15, 0.2) is 0 Å². The van der Waals surface area contributed by atoms with E-state index in [1.807, 2.05) is 42.5 Å². The number of hydrogen-bond acceptors (Lipinski definition) is 4. The molecule has 0 N–H and O–H groups in total. The zero-order valence-corrected chi connectivity index (χ0v) is 14.4. The van der Waals surface area contributed by atoms with Gasteiger partial charge in [-0.2, -0.15) is 0 Å². The fourth-order valence-corrected chi connectivity index (χ4v) is 2.76. The Balaban J connectivity index is 2.06. The lowest BCUT2D eigenvalue weighted by Gasteiger charge is -2.07. The van der Waals surface area contributed by atoms with Crippen LogP contribution < -0.4 is 9.47 Å². The highest BCUT2D eigenvalue weighted by atomic mass is 79.9. The van der Waals surface area contributed by atoms with Crippen LogP contribution in [0.4, 0.5) is 5.69 Å². The van der Waals surface area contributed by atoms with Crippen LogP contribution in [0.25, 0.3) is 10.9 Å². The van der Waals surface area contributed by atoms with Crippen molar-refractivity contribution in [1.82, 2.24) is 4.98 Å². The monoisotopic (exact) mass is 370 g/mol. The highest BCUT2D eigenvalue weighted by Crippen LogP contribution is 2.30. The maximum Gasteiger partial charge on any atom is 0.127 e. The molecular weight excluding hydrogens is 356 g/mol. The molecule has 0 saturated carbocycles. The van der Waals surface area contributed by atoms with Gasteiger partial charge in [0.1, 0.15) is 11.5 Å². The summed E-state index contributed by atoms with van der Waals surface area (Å²) in [7, 11) is 3.27. The van der Waals surface area contributed by atoms with Crippen LogP contribution in [0.1, 0.15) is 5.56 Å². The molecule has 3 rings (SSSR count). The standard InChI is InChI=1S/C18H15BrN2O2/c1-22-13-5-8-17(23-2)12(10-13)11-21-16-7-6-15(19)14-4-3-9-20-18(14)16/h3-11H,1-2H3. The first-order valence-electron chi connectivity index (χ1n) is 7.02. The van der Waals surface area contributed by atoms with Gasteiger partial charge in [0.05, 0.1) is 25.4 Å². The van der Waals surface area contributed by atoms with Gasteiger partial charge in [0.2, 0.25) is 0 Å². The topological polar surface area (TPSA) is 43.7 Å². The van der Waals surface area contributed by atoms with Gasteiger partial charge in [-0.1, -0.05) is 22.0 Å². The van der Waals surface area contributed by atoms with Gasteiger partial charge in [-0.05, 0) is 36.4 Å². The molecule has 0 aliphatic carbocycles. The molecule has 0 fully saturated rings. The number of fused-ring (bicyclic) bond motifs is 1. The number of hydrogen-bond donors (Lipinski definition) is 0. The number of pyridine rings is 1. The van der Waals surface area contributed by atoms with Crippen LogP contribution >= 0.6 is 15.9 Å². The van der Waals surface area contributed by atoms with Crippen molar-refractivity contribution >= 4 is 38.7 Å². The third kappa shape index (κ3) is 3.19. The van der Waals surface area contributed by atoms with Crippen LogP contribution in [-0.4, -0.2) is 25.4 Å². The lowest BCUT2D eigenvalue weighted by molar-refractivity contribution is 0.402. The number of methoxy groups -OCH3 is 2. The Bertz CT molecular complexity index is 878. The molecule has 0 bridgehead atoms. The summed E-state index contributed by atoms with van der Waals surface area (Å²) in [4.78, 5) is 9.02. The molecule has 0 aliphatic heterocycles. The minimum atomic E-state index is 0.740. The molecule has 4 nitrogen and oxygen atoms in total. The minimum Gasteiger partial charge on any atom is -0.497 e. The first kappa shape index (κ1) is 15.5. The second-order valence-corrected chi connectivity index (χ2v) is 5.69. The Morgan fingerprint density at radius 1 is 1.09 bits per heavy atom. The molecule has 0 aliphatic rings. The van der Waals surface area contributed by atoms with E-state index >= 15 is 0 Å². The molecule has 0 amide bonds. The Labute approximate surface area is 142 Å². The second kappa shape index (κ2) is 6.79. The lowest BCUT2D eigenvalue weighted by Crippen LogP contribution is -1.92. The van der Waals surface area contributed by atoms with Gasteiger partial charge >= 0.3 is 0 Å². The summed E-state index contributed by atoms with van der Waals surface area (Å²) in [5, 5.41) is 1.03. The Morgan fingerprint density at radius 2 is 1.96 bits per heavy atom. The number of nitrogens with zero attached hydrogens (tertiary/aromatic N) is 2. The minimum absolute atomic E-state index is 0.740. The zero-order valence-electron chi connectivity index (χ0n) is 12.8. The Kier molecular flexibility index (Phi) is 4.57. The van der Waals surface area contributed by atoms with Gasteiger partial charge in [0.25, 0.3) is 0 Å². The lowest BCUT2D eigenvalue weighted by atomic mass is 10.2. The van der Waals surface area contributed by atoms with Crippen molar-refractivity contribution < 1.29 is 9.47 Å². The van der Waals surface area contributed by atoms with E-state index in [2.05, 4.69) is 25.9 Å². The molecule has 0 saturated heterocycles. The highest BCUT2D eigenvalue weighted by Gasteiger charge is 2.06. The van der Waals surface area contributed by atoms with Gasteiger partial charge in [0, 0.05) is 27.8 Å². The van der Waals surface area contributed by atoms with Crippen molar-refractivity contribution in [1.29, 1.82) is 0 Å². The van der Waals surface area contributed by atoms with Crippen LogP contribution in [0.15, 0.2) is 58.1 Å². The SMILES string of the molecule is COc1ccc(OC)c(C=Nc2ccc(Br)c3cccnc23)c1. The number of aromatic nitrogens is 1. The van der Waals surface area contributed by atoms with Gasteiger partial charge in [-0.15, -0.1) is 0 Å². The fraction of sp³-hybridized carbons (Fsp3) is 0.111. The summed E-state index contributed by atoms with van der Waals surface area (Å²) < 4.78 is 11.6. The average molecular weight is 371 g/mol. The zero-order chi connectivity index (χ0) is 16.2. The number of rotatable bonds is 4. The Hall–Kier alpha value is -2.40. The molecule has 0 radical (unpaired) electrons. The first-order chi connectivity index (χ1) is 11.2. The van der Waals surface area contributed by atoms with Crippen molar-refractivity contribution in [3.63, 3.8) is 0 Å². The van der Waals surface area contributed by atoms with Crippen molar-refractivity contribution in [2.24, 2.45) is 4.99 Å². The van der Waals surface area contributed by atoms with E-state index < -0.39 is 0 Å². The molecule has 0 atom stereocenters. The van der Waals surface area contributed by atoms with Crippen LogP contribution in [0.2, 0.25) is 0 Å². The van der Waals surface area contributed by atoms with Crippen molar-refractivity contribution in [2.45, 2.75) is 0 Å². The van der Waals surface area contributed by atoms with E-state index in [1.165, 1.54) is 0 Å². The average Bonchev–Trinajstić information content (AvgIpc) is 2.61. The molecule has 5 heteroatoms. The summed E-state index contributed by atoms with van der Waals surface area (Å²) >= 11 is 3.54. The fourth-order valence-electron chi connectivity index (χ4n) is 2.31. The maximum atomic E-state index is 5.37. The van der Waals surface area contributed by atoms with Crippen LogP contribution in [0, 0.1) is 0 Å². The molecular formula is C18H15BrN2O2. The Morgan fingerprint density at radius 3 is 2.74 bits per heavy atom. The van der Waals surface area contributed by atoms with E-state index in [4.69, 9.17) is 9.47 Å². The molecule has 0 spiro atoms. The number of benzene rings is 2. The molecule has 23 heavy (non-hydrogen) atoms. The summed E-state index contributed by atoms with van der Waals surface area (Å²) in [6.45, 7) is 0. The molecule has 1 heterocycles. The highest BCUT2D eigenvalue weighted by molar-refractivity contribution is 9.10. The van der Waals surface area contributed by atoms with E-state index in [9.17, 15) is 0 Å². The molecule has 1 aromatic heterocycles. The molecule has 116 valence electrons. The van der Waals surface area contributed by atoms with Crippen molar-refractivity contribution in [3.8, 4) is 11.5 Å². The predicted molar refractivity (Wildman–Crippen MR) is 96.2 cm³/mol. The van der Waals surface area contributed by atoms with Crippen LogP contribution in [0.3, 0.4) is 0 Å². The van der Waals surface area contributed by atoms with Gasteiger partial charge in [-0.3, -0.25) is 9.98 Å². The molecule has 0 unspecified atom stereocenters. The predicted octanol–water partition coefficient (Wildman–Crippen LogP) is 4.77. The first-order valence-corrected chi connectivity index (χ1v) is 7.81. The molecule has 3 aromatic rings. The molecule has 2 aromatic carbocycles. The third-order valence-electron chi connectivity index (χ3n) is 3.47. The summed E-state index contributed by atoms with van der Waals surface area (Å²) in [6.07, 6.45) is 3.53. The number of ether oxygens (including phenoxy) is 2. The van der Waals surface area contributed by atoms with Crippen LogP contribution in [0.5, 0.6) is 11.5 Å². The number of halogens is 1. The van der Waals surface area contributed by atoms with Crippen molar-refractivity contribution in [2.75, 3.05) is 14.2 Å².